The van der Waals surface area contributed by atoms with Gasteiger partial charge in [0.1, 0.15) is 11.6 Å². The zero-order chi connectivity index (χ0) is 20.0. The van der Waals surface area contributed by atoms with Crippen LogP contribution in [-0.2, 0) is 4.79 Å². The molecule has 0 aliphatic heterocycles. The maximum atomic E-state index is 12.3. The van der Waals surface area contributed by atoms with Gasteiger partial charge in [-0.15, -0.1) is 0 Å². The molecule has 138 valence electrons. The molecule has 0 fully saturated rings. The molecule has 0 radical (unpaired) electrons. The average Bonchev–Trinajstić information content (AvgIpc) is 2.61. The molecule has 0 aliphatic carbocycles. The summed E-state index contributed by atoms with van der Waals surface area (Å²) in [4.78, 5) is 22.5. The van der Waals surface area contributed by atoms with E-state index in [1.54, 1.807) is 6.07 Å². The fourth-order valence-corrected chi connectivity index (χ4v) is 2.51. The molecule has 2 aromatic carbocycles. The molecular formula is C17H11F2N3O4S. The van der Waals surface area contributed by atoms with E-state index in [0.717, 1.165) is 18.2 Å². The molecule has 0 aliphatic rings. The predicted molar refractivity (Wildman–Crippen MR) is 95.3 cm³/mol. The van der Waals surface area contributed by atoms with Crippen molar-refractivity contribution < 1.29 is 23.6 Å². The van der Waals surface area contributed by atoms with E-state index in [1.807, 2.05) is 0 Å². The number of anilines is 1. The minimum atomic E-state index is -2.56. The molecule has 0 aromatic heterocycles. The summed E-state index contributed by atoms with van der Waals surface area (Å²) in [6.45, 7) is 0. The second kappa shape index (κ2) is 8.77. The number of rotatable bonds is 6. The summed E-state index contributed by atoms with van der Waals surface area (Å²) >= 11 is 0.358. The number of hydrogen-bond donors (Lipinski definition) is 2. The molecular weight excluding hydrogens is 380 g/mol. The van der Waals surface area contributed by atoms with Gasteiger partial charge >= 0.3 is 5.69 Å². The van der Waals surface area contributed by atoms with Crippen molar-refractivity contribution in [1.82, 2.24) is 0 Å². The Morgan fingerprint density at radius 2 is 1.96 bits per heavy atom. The molecule has 10 heteroatoms. The first kappa shape index (κ1) is 19.9. The van der Waals surface area contributed by atoms with E-state index in [-0.39, 0.29) is 16.8 Å². The van der Waals surface area contributed by atoms with Crippen LogP contribution in [-0.4, -0.2) is 21.7 Å². The Kier molecular flexibility index (Phi) is 6.46. The number of amides is 1. The molecule has 2 aromatic rings. The van der Waals surface area contributed by atoms with Crippen LogP contribution in [0.5, 0.6) is 5.75 Å². The fraction of sp³-hybridized carbons (Fsp3) is 0.0588. The average molecular weight is 391 g/mol. The Morgan fingerprint density at radius 1 is 1.30 bits per heavy atom. The van der Waals surface area contributed by atoms with Crippen molar-refractivity contribution in [3.63, 3.8) is 0 Å². The van der Waals surface area contributed by atoms with Crippen LogP contribution in [0.25, 0.3) is 6.08 Å². The highest BCUT2D eigenvalue weighted by atomic mass is 32.2. The molecule has 0 saturated heterocycles. The number of thioether (sulfide) groups is 1. The summed E-state index contributed by atoms with van der Waals surface area (Å²) in [6, 6.07) is 10.7. The van der Waals surface area contributed by atoms with Crippen LogP contribution >= 0.6 is 11.8 Å². The molecule has 0 atom stereocenters. The quantitative estimate of drug-likeness (QED) is 0.251. The van der Waals surface area contributed by atoms with Gasteiger partial charge in [0.2, 0.25) is 0 Å². The summed E-state index contributed by atoms with van der Waals surface area (Å²) in [6.07, 6.45) is 1.13. The Balaban J connectivity index is 2.18. The van der Waals surface area contributed by atoms with Gasteiger partial charge in [-0.25, -0.2) is 0 Å². The van der Waals surface area contributed by atoms with Crippen LogP contribution in [0.15, 0.2) is 52.9 Å². The Bertz CT molecular complexity index is 940. The van der Waals surface area contributed by atoms with Crippen molar-refractivity contribution >= 4 is 35.1 Å². The molecule has 0 unspecified atom stereocenters. The third-order valence-corrected chi connectivity index (χ3v) is 3.93. The van der Waals surface area contributed by atoms with Gasteiger partial charge in [0.25, 0.3) is 11.7 Å². The van der Waals surface area contributed by atoms with E-state index in [2.05, 4.69) is 5.32 Å². The number of nitrogens with one attached hydrogen (secondary N) is 1. The topological polar surface area (TPSA) is 116 Å². The number of alkyl halides is 2. The van der Waals surface area contributed by atoms with Crippen molar-refractivity contribution in [2.75, 3.05) is 5.32 Å². The zero-order valence-electron chi connectivity index (χ0n) is 13.4. The molecule has 0 spiro atoms. The highest BCUT2D eigenvalue weighted by Gasteiger charge is 2.15. The minimum absolute atomic E-state index is 0.176. The van der Waals surface area contributed by atoms with Crippen molar-refractivity contribution in [2.24, 2.45) is 0 Å². The number of benzene rings is 2. The highest BCUT2D eigenvalue weighted by molar-refractivity contribution is 7.99. The normalized spacial score (nSPS) is 11.1. The molecule has 0 bridgehead atoms. The van der Waals surface area contributed by atoms with Gasteiger partial charge < -0.3 is 10.4 Å². The summed E-state index contributed by atoms with van der Waals surface area (Å²) in [5, 5.41) is 31.8. The van der Waals surface area contributed by atoms with Crippen molar-refractivity contribution in [3.05, 3.63) is 63.7 Å². The smallest absolute Gasteiger partial charge is 0.311 e. The molecule has 2 rings (SSSR count). The maximum absolute atomic E-state index is 12.3. The first-order valence-electron chi connectivity index (χ1n) is 7.25. The number of halogens is 2. The van der Waals surface area contributed by atoms with Crippen molar-refractivity contribution in [1.29, 1.82) is 5.26 Å². The lowest BCUT2D eigenvalue weighted by atomic mass is 10.1. The van der Waals surface area contributed by atoms with E-state index < -0.39 is 28.0 Å². The second-order valence-electron chi connectivity index (χ2n) is 5.03. The predicted octanol–water partition coefficient (Wildman–Crippen LogP) is 4.16. The maximum Gasteiger partial charge on any atom is 0.311 e. The monoisotopic (exact) mass is 391 g/mol. The zero-order valence-corrected chi connectivity index (χ0v) is 14.2. The summed E-state index contributed by atoms with van der Waals surface area (Å²) in [5.41, 5.74) is -0.430. The number of phenols is 1. The van der Waals surface area contributed by atoms with Crippen LogP contribution < -0.4 is 5.32 Å². The highest BCUT2D eigenvalue weighted by Crippen LogP contribution is 2.28. The molecule has 1 amide bonds. The molecule has 0 heterocycles. The number of carbonyl (C=O) groups is 1. The van der Waals surface area contributed by atoms with Crippen LogP contribution in [0.4, 0.5) is 20.2 Å². The second-order valence-corrected chi connectivity index (χ2v) is 6.10. The van der Waals surface area contributed by atoms with Gasteiger partial charge in [-0.1, -0.05) is 17.8 Å². The first-order valence-corrected chi connectivity index (χ1v) is 8.13. The van der Waals surface area contributed by atoms with Gasteiger partial charge in [-0.05, 0) is 42.0 Å². The number of aromatic hydroxyl groups is 1. The number of phenolic OH excluding ortho intramolecular Hbond substituents is 1. The van der Waals surface area contributed by atoms with Gasteiger partial charge in [-0.2, -0.15) is 14.0 Å². The van der Waals surface area contributed by atoms with E-state index in [4.69, 9.17) is 5.26 Å². The van der Waals surface area contributed by atoms with E-state index in [1.165, 1.54) is 30.3 Å². The van der Waals surface area contributed by atoms with E-state index in [9.17, 15) is 28.8 Å². The van der Waals surface area contributed by atoms with Gasteiger partial charge in [0.05, 0.1) is 4.92 Å². The number of hydrogen-bond acceptors (Lipinski definition) is 6. The fourth-order valence-electron chi connectivity index (χ4n) is 2.01. The number of carbonyl (C=O) groups excluding carboxylic acids is 1. The van der Waals surface area contributed by atoms with Crippen LogP contribution in [0.3, 0.4) is 0 Å². The first-order chi connectivity index (χ1) is 12.8. The van der Waals surface area contributed by atoms with Crippen molar-refractivity contribution in [3.8, 4) is 11.8 Å². The lowest BCUT2D eigenvalue weighted by Crippen LogP contribution is -2.13. The summed E-state index contributed by atoms with van der Waals surface area (Å²) in [5.74, 6) is -3.88. The summed E-state index contributed by atoms with van der Waals surface area (Å²) in [7, 11) is 0. The van der Waals surface area contributed by atoms with Gasteiger partial charge in [0, 0.05) is 16.6 Å². The molecule has 2 N–H and O–H groups in total. The Hall–Kier alpha value is -3.45. The van der Waals surface area contributed by atoms with Crippen LogP contribution in [0, 0.1) is 21.4 Å². The lowest BCUT2D eigenvalue weighted by molar-refractivity contribution is -0.385. The summed E-state index contributed by atoms with van der Waals surface area (Å²) < 4.78 is 24.6. The van der Waals surface area contributed by atoms with Crippen molar-refractivity contribution in [2.45, 2.75) is 10.7 Å². The van der Waals surface area contributed by atoms with Crippen LogP contribution in [0.1, 0.15) is 5.56 Å². The van der Waals surface area contributed by atoms with Gasteiger partial charge in [0.15, 0.2) is 5.75 Å². The molecule has 27 heavy (non-hydrogen) atoms. The van der Waals surface area contributed by atoms with E-state index >= 15 is 0 Å². The van der Waals surface area contributed by atoms with Crippen LogP contribution in [0.2, 0.25) is 0 Å². The minimum Gasteiger partial charge on any atom is -0.502 e. The Morgan fingerprint density at radius 3 is 2.52 bits per heavy atom. The number of nitriles is 1. The van der Waals surface area contributed by atoms with E-state index in [0.29, 0.717) is 16.7 Å². The number of nitro benzene ring substituents is 1. The number of nitro groups is 1. The largest absolute Gasteiger partial charge is 0.502 e. The lowest BCUT2D eigenvalue weighted by Gasteiger charge is -2.06. The molecule has 0 saturated carbocycles. The SMILES string of the molecule is N#C/C(=C\c1ccc(O)c([N+](=O)[O-])c1)C(=O)Nc1ccc(SC(F)F)cc1. The number of nitrogens with zero attached hydrogens (tertiary/aromatic N) is 2. The third-order valence-electron chi connectivity index (χ3n) is 3.21. The third kappa shape index (κ3) is 5.52. The Labute approximate surface area is 156 Å². The molecule has 7 nitrogen and oxygen atoms in total. The van der Waals surface area contributed by atoms with Gasteiger partial charge in [-0.3, -0.25) is 14.9 Å². The standard InChI is InChI=1S/C17H11F2N3O4S/c18-17(19)27-13-4-2-12(3-5-13)21-16(24)11(9-20)7-10-1-6-15(23)14(8-10)22(25)26/h1-8,17,23H,(H,21,24)/b11-7+.